The number of hydrogen-bond donors (Lipinski definition) is 2. The number of rotatable bonds is 4. The SMILES string of the molecule is Br.CNc1nc2c(s1)CCOc1cc(N3C[C@H](CNC(C)=O)OC3=O)ccc1-2. The standard InChI is InChI=1S/C18H20N4O4S.BrH/c1-10(23)20-8-12-9-22(18(24)26-12)11-3-4-13-14(7-11)25-6-5-15-16(13)21-17(19-2)27-15;/h3-4,7,12H,5-6,8-9H2,1-2H3,(H,19,21)(H,20,23);1H/t12-;/m0./s1. The number of anilines is 2. The minimum atomic E-state index is -0.425. The van der Waals surface area contributed by atoms with E-state index < -0.39 is 6.09 Å². The number of aromatic nitrogens is 1. The van der Waals surface area contributed by atoms with Crippen LogP contribution in [0.1, 0.15) is 11.8 Å². The second-order valence-electron chi connectivity index (χ2n) is 6.37. The van der Waals surface area contributed by atoms with E-state index in [2.05, 4.69) is 15.6 Å². The molecule has 0 spiro atoms. The van der Waals surface area contributed by atoms with Gasteiger partial charge in [0.25, 0.3) is 0 Å². The summed E-state index contributed by atoms with van der Waals surface area (Å²) in [4.78, 5) is 30.7. The molecule has 2 aliphatic rings. The van der Waals surface area contributed by atoms with Crippen molar-refractivity contribution in [1.29, 1.82) is 0 Å². The van der Waals surface area contributed by atoms with E-state index in [0.29, 0.717) is 31.1 Å². The Hall–Kier alpha value is -2.33. The van der Waals surface area contributed by atoms with Crippen molar-refractivity contribution in [2.24, 2.45) is 0 Å². The van der Waals surface area contributed by atoms with Crippen LogP contribution in [-0.2, 0) is 16.0 Å². The maximum Gasteiger partial charge on any atom is 0.414 e. The van der Waals surface area contributed by atoms with Crippen LogP contribution in [0.5, 0.6) is 5.75 Å². The maximum absolute atomic E-state index is 12.2. The molecule has 1 fully saturated rings. The van der Waals surface area contributed by atoms with E-state index in [-0.39, 0.29) is 29.0 Å². The van der Waals surface area contributed by atoms with Gasteiger partial charge in [0.1, 0.15) is 11.9 Å². The van der Waals surface area contributed by atoms with Gasteiger partial charge in [-0.1, -0.05) is 0 Å². The lowest BCUT2D eigenvalue weighted by Gasteiger charge is -2.16. The molecule has 2 aliphatic heterocycles. The predicted molar refractivity (Wildman–Crippen MR) is 113 cm³/mol. The smallest absolute Gasteiger partial charge is 0.414 e. The molecule has 4 rings (SSSR count). The van der Waals surface area contributed by atoms with Gasteiger partial charge in [0.2, 0.25) is 5.91 Å². The van der Waals surface area contributed by atoms with E-state index in [0.717, 1.165) is 22.8 Å². The van der Waals surface area contributed by atoms with Crippen molar-refractivity contribution in [2.45, 2.75) is 19.4 Å². The molecule has 10 heteroatoms. The molecule has 28 heavy (non-hydrogen) atoms. The van der Waals surface area contributed by atoms with Crippen LogP contribution in [0.2, 0.25) is 0 Å². The van der Waals surface area contributed by atoms with Crippen LogP contribution in [0, 0.1) is 0 Å². The van der Waals surface area contributed by atoms with Crippen LogP contribution >= 0.6 is 28.3 Å². The Kier molecular flexibility index (Phi) is 6.09. The summed E-state index contributed by atoms with van der Waals surface area (Å²) < 4.78 is 11.2. The highest BCUT2D eigenvalue weighted by Gasteiger charge is 2.33. The molecule has 0 radical (unpaired) electrons. The normalized spacial score (nSPS) is 17.4. The van der Waals surface area contributed by atoms with Gasteiger partial charge in [-0.3, -0.25) is 9.69 Å². The molecule has 1 atom stereocenters. The number of thiazole rings is 1. The third kappa shape index (κ3) is 3.93. The fourth-order valence-electron chi connectivity index (χ4n) is 3.18. The van der Waals surface area contributed by atoms with Crippen LogP contribution in [0.25, 0.3) is 11.3 Å². The quantitative estimate of drug-likeness (QED) is 0.716. The fourth-order valence-corrected chi connectivity index (χ4v) is 4.09. The second-order valence-corrected chi connectivity index (χ2v) is 7.46. The van der Waals surface area contributed by atoms with E-state index in [1.54, 1.807) is 16.2 Å². The minimum absolute atomic E-state index is 0. The first-order valence-corrected chi connectivity index (χ1v) is 9.54. The van der Waals surface area contributed by atoms with Gasteiger partial charge < -0.3 is 20.1 Å². The summed E-state index contributed by atoms with van der Waals surface area (Å²) >= 11 is 1.63. The van der Waals surface area contributed by atoms with E-state index in [4.69, 9.17) is 9.47 Å². The molecule has 0 aliphatic carbocycles. The number of halogens is 1. The topological polar surface area (TPSA) is 92.8 Å². The fraction of sp³-hybridized carbons (Fsp3) is 0.389. The van der Waals surface area contributed by atoms with Crippen molar-refractivity contribution in [3.05, 3.63) is 23.1 Å². The van der Waals surface area contributed by atoms with Crippen LogP contribution < -0.4 is 20.3 Å². The van der Waals surface area contributed by atoms with Gasteiger partial charge >= 0.3 is 6.09 Å². The third-order valence-corrected chi connectivity index (χ3v) is 5.62. The highest BCUT2D eigenvalue weighted by Crippen LogP contribution is 2.41. The van der Waals surface area contributed by atoms with Gasteiger partial charge in [-0.15, -0.1) is 28.3 Å². The summed E-state index contributed by atoms with van der Waals surface area (Å²) in [5.74, 6) is 0.556. The summed E-state index contributed by atoms with van der Waals surface area (Å²) in [5.41, 5.74) is 2.55. The lowest BCUT2D eigenvalue weighted by Crippen LogP contribution is -2.33. The zero-order chi connectivity index (χ0) is 19.0. The average Bonchev–Trinajstić information content (AvgIpc) is 3.19. The highest BCUT2D eigenvalue weighted by molar-refractivity contribution is 8.93. The Balaban J connectivity index is 0.00000225. The first-order chi connectivity index (χ1) is 13.0. The number of benzene rings is 1. The number of hydrogen-bond acceptors (Lipinski definition) is 7. The summed E-state index contributed by atoms with van der Waals surface area (Å²) in [5, 5.41) is 6.64. The Labute approximate surface area is 177 Å². The molecule has 0 bridgehead atoms. The lowest BCUT2D eigenvalue weighted by atomic mass is 10.1. The summed E-state index contributed by atoms with van der Waals surface area (Å²) in [6.07, 6.45) is -0.00123. The number of ether oxygens (including phenoxy) is 2. The maximum atomic E-state index is 12.2. The second kappa shape index (κ2) is 8.36. The number of cyclic esters (lactones) is 1. The van der Waals surface area contributed by atoms with Gasteiger partial charge in [-0.05, 0) is 12.1 Å². The van der Waals surface area contributed by atoms with Crippen molar-refractivity contribution >= 4 is 51.1 Å². The molecule has 3 heterocycles. The molecule has 0 unspecified atom stereocenters. The highest BCUT2D eigenvalue weighted by atomic mass is 79.9. The number of nitrogens with one attached hydrogen (secondary N) is 2. The van der Waals surface area contributed by atoms with Gasteiger partial charge in [-0.25, -0.2) is 9.78 Å². The van der Waals surface area contributed by atoms with Crippen LogP contribution in [0.3, 0.4) is 0 Å². The Morgan fingerprint density at radius 3 is 3.00 bits per heavy atom. The van der Waals surface area contributed by atoms with Crippen LogP contribution in [0.4, 0.5) is 15.6 Å². The van der Waals surface area contributed by atoms with Gasteiger partial charge in [0.05, 0.1) is 31.1 Å². The minimum Gasteiger partial charge on any atom is -0.492 e. The molecule has 1 aromatic carbocycles. The molecule has 0 saturated carbocycles. The van der Waals surface area contributed by atoms with Crippen molar-refractivity contribution in [2.75, 3.05) is 37.0 Å². The molecule has 2 N–H and O–H groups in total. The number of carbonyl (C=O) groups excluding carboxylic acids is 2. The largest absolute Gasteiger partial charge is 0.492 e. The Bertz CT molecular complexity index is 904. The van der Waals surface area contributed by atoms with Gasteiger partial charge in [-0.2, -0.15) is 0 Å². The monoisotopic (exact) mass is 468 g/mol. The first kappa shape index (κ1) is 20.4. The first-order valence-electron chi connectivity index (χ1n) is 8.72. The number of fused-ring (bicyclic) bond motifs is 3. The summed E-state index contributed by atoms with van der Waals surface area (Å²) in [7, 11) is 1.86. The molecular weight excluding hydrogens is 448 g/mol. The Morgan fingerprint density at radius 1 is 1.43 bits per heavy atom. The number of nitrogens with zero attached hydrogens (tertiary/aromatic N) is 2. The zero-order valence-electron chi connectivity index (χ0n) is 15.5. The molecule has 2 aromatic rings. The van der Waals surface area contributed by atoms with Crippen molar-refractivity contribution in [3.8, 4) is 17.0 Å². The van der Waals surface area contributed by atoms with Gasteiger partial charge in [0.15, 0.2) is 5.13 Å². The van der Waals surface area contributed by atoms with E-state index >= 15 is 0 Å². The van der Waals surface area contributed by atoms with Crippen LogP contribution in [-0.4, -0.2) is 49.8 Å². The van der Waals surface area contributed by atoms with E-state index in [1.165, 1.54) is 11.8 Å². The number of carbonyl (C=O) groups is 2. The molecule has 150 valence electrons. The predicted octanol–water partition coefficient (Wildman–Crippen LogP) is 2.83. The summed E-state index contributed by atoms with van der Waals surface area (Å²) in [6.45, 7) is 2.67. The van der Waals surface area contributed by atoms with Crippen molar-refractivity contribution in [3.63, 3.8) is 0 Å². The molecule has 2 amide bonds. The zero-order valence-corrected chi connectivity index (χ0v) is 18.0. The average molecular weight is 469 g/mol. The molecular formula is C18H21BrN4O4S. The lowest BCUT2D eigenvalue weighted by molar-refractivity contribution is -0.119. The molecule has 1 aromatic heterocycles. The third-order valence-electron chi connectivity index (χ3n) is 4.48. The summed E-state index contributed by atoms with van der Waals surface area (Å²) in [6, 6.07) is 5.66. The molecule has 8 nitrogen and oxygen atoms in total. The Morgan fingerprint density at radius 2 is 2.25 bits per heavy atom. The van der Waals surface area contributed by atoms with Crippen molar-refractivity contribution in [1.82, 2.24) is 10.3 Å². The molecule has 1 saturated heterocycles. The van der Waals surface area contributed by atoms with E-state index in [1.807, 2.05) is 25.2 Å². The number of amides is 2. The van der Waals surface area contributed by atoms with Gasteiger partial charge in [0, 0.05) is 36.9 Å². The van der Waals surface area contributed by atoms with Crippen LogP contribution in [0.15, 0.2) is 18.2 Å². The van der Waals surface area contributed by atoms with Crippen molar-refractivity contribution < 1.29 is 19.1 Å². The van der Waals surface area contributed by atoms with E-state index in [9.17, 15) is 9.59 Å².